The molecule has 1 heterocycles. The minimum Gasteiger partial charge on any atom is -0.479 e. The molecule has 198 valence electrons. The Hall–Kier alpha value is -1.06. The highest BCUT2D eigenvalue weighted by Crippen LogP contribution is 2.67. The molecule has 1 saturated heterocycles. The Bertz CT molecular complexity index is 847. The zero-order valence-corrected chi connectivity index (χ0v) is 21.1. The van der Waals surface area contributed by atoms with Crippen molar-refractivity contribution in [1.29, 1.82) is 0 Å². The maximum Gasteiger partial charge on any atom is 0.335 e. The van der Waals surface area contributed by atoms with E-state index in [0.717, 1.165) is 38.5 Å². The van der Waals surface area contributed by atoms with E-state index in [2.05, 4.69) is 13.8 Å². The van der Waals surface area contributed by atoms with Crippen molar-refractivity contribution in [1.82, 2.24) is 0 Å². The summed E-state index contributed by atoms with van der Waals surface area (Å²) in [5.74, 6) is 1.62. The van der Waals surface area contributed by atoms with Gasteiger partial charge in [-0.3, -0.25) is 4.79 Å². The van der Waals surface area contributed by atoms with Crippen molar-refractivity contribution in [2.45, 2.75) is 115 Å². The fourth-order valence-corrected chi connectivity index (χ4v) is 9.36. The van der Waals surface area contributed by atoms with Crippen LogP contribution < -0.4 is 0 Å². The smallest absolute Gasteiger partial charge is 0.335 e. The van der Waals surface area contributed by atoms with Crippen LogP contribution in [0.25, 0.3) is 0 Å². The molecule has 8 nitrogen and oxygen atoms in total. The zero-order chi connectivity index (χ0) is 25.3. The molecule has 5 rings (SSSR count). The van der Waals surface area contributed by atoms with E-state index >= 15 is 0 Å². The molecule has 0 amide bonds. The van der Waals surface area contributed by atoms with Crippen LogP contribution in [0.1, 0.15) is 78.6 Å². The van der Waals surface area contributed by atoms with Gasteiger partial charge in [-0.2, -0.15) is 0 Å². The molecule has 5 aliphatic rings. The molecular weight excluding hydrogens is 452 g/mol. The standard InChI is InChI=1S/C27H42O8/c1-13(28)17-6-7-18-16-5-4-14-12-15(8-10-26(14,2)19(16)9-11-27(17,18)3)34-25-22(31)20(29)21(30)23(35-25)24(32)33/h14-23,25,29-31H,4-12H2,1-3H3,(H,32,33)/t14-,15+,16-,17+,18-,19-,20-,21-,22+,23+,25+,26-,27+/m0/s1. The molecule has 0 spiro atoms. The summed E-state index contributed by atoms with van der Waals surface area (Å²) in [6.07, 6.45) is 1.46. The van der Waals surface area contributed by atoms with Gasteiger partial charge < -0.3 is 29.9 Å². The Kier molecular flexibility index (Phi) is 6.61. The van der Waals surface area contributed by atoms with Gasteiger partial charge in [-0.25, -0.2) is 4.79 Å². The van der Waals surface area contributed by atoms with Gasteiger partial charge in [-0.1, -0.05) is 13.8 Å². The third kappa shape index (κ3) is 3.99. The normalized spacial score (nSPS) is 53.8. The summed E-state index contributed by atoms with van der Waals surface area (Å²) in [5.41, 5.74) is 0.362. The lowest BCUT2D eigenvalue weighted by molar-refractivity contribution is -0.309. The number of ketones is 1. The summed E-state index contributed by atoms with van der Waals surface area (Å²) in [6.45, 7) is 6.59. The van der Waals surface area contributed by atoms with Crippen LogP contribution >= 0.6 is 0 Å². The molecular formula is C27H42O8. The van der Waals surface area contributed by atoms with Crippen molar-refractivity contribution >= 4 is 11.8 Å². The van der Waals surface area contributed by atoms with Crippen molar-refractivity contribution < 1.29 is 39.5 Å². The molecule has 4 N–H and O–H groups in total. The van der Waals surface area contributed by atoms with Crippen molar-refractivity contribution in [2.24, 2.45) is 40.4 Å². The summed E-state index contributed by atoms with van der Waals surface area (Å²) < 4.78 is 11.4. The number of carbonyl (C=O) groups excluding carboxylic acids is 1. The van der Waals surface area contributed by atoms with Crippen molar-refractivity contribution in [3.05, 3.63) is 0 Å². The number of hydrogen-bond donors (Lipinski definition) is 4. The van der Waals surface area contributed by atoms with E-state index in [0.29, 0.717) is 29.5 Å². The number of carbonyl (C=O) groups is 2. The summed E-state index contributed by atoms with van der Waals surface area (Å²) in [4.78, 5) is 23.8. The second-order valence-electron chi connectivity index (χ2n) is 12.7. The van der Waals surface area contributed by atoms with Gasteiger partial charge in [-0.05, 0) is 99.2 Å². The molecule has 0 bridgehead atoms. The number of aliphatic carboxylic acids is 1. The first-order valence-electron chi connectivity index (χ1n) is 13.6. The van der Waals surface area contributed by atoms with Crippen LogP contribution in [0.2, 0.25) is 0 Å². The van der Waals surface area contributed by atoms with Gasteiger partial charge in [0.2, 0.25) is 0 Å². The molecule has 0 unspecified atom stereocenters. The number of ether oxygens (including phenoxy) is 2. The Morgan fingerprint density at radius 2 is 1.54 bits per heavy atom. The van der Waals surface area contributed by atoms with E-state index < -0.39 is 36.7 Å². The van der Waals surface area contributed by atoms with Gasteiger partial charge in [0.15, 0.2) is 12.4 Å². The number of Topliss-reactive ketones (excluding diaryl/α,β-unsaturated/α-hetero) is 1. The van der Waals surface area contributed by atoms with E-state index in [1.54, 1.807) is 6.92 Å². The first kappa shape index (κ1) is 25.6. The van der Waals surface area contributed by atoms with Crippen molar-refractivity contribution in [2.75, 3.05) is 0 Å². The highest BCUT2D eigenvalue weighted by Gasteiger charge is 2.61. The van der Waals surface area contributed by atoms with Crippen LogP contribution in [0.4, 0.5) is 0 Å². The fraction of sp³-hybridized carbons (Fsp3) is 0.926. The van der Waals surface area contributed by atoms with Crippen LogP contribution in [0.3, 0.4) is 0 Å². The van der Waals surface area contributed by atoms with Crippen molar-refractivity contribution in [3.63, 3.8) is 0 Å². The van der Waals surface area contributed by atoms with E-state index in [1.165, 1.54) is 19.3 Å². The topological polar surface area (TPSA) is 134 Å². The third-order valence-electron chi connectivity index (χ3n) is 11.2. The predicted molar refractivity (Wildman–Crippen MR) is 125 cm³/mol. The van der Waals surface area contributed by atoms with Crippen LogP contribution in [-0.4, -0.2) is 69.0 Å². The second-order valence-corrected chi connectivity index (χ2v) is 12.7. The number of aliphatic hydroxyl groups excluding tert-OH is 3. The molecule has 1 aliphatic heterocycles. The number of rotatable bonds is 4. The summed E-state index contributed by atoms with van der Waals surface area (Å²) in [6, 6.07) is 0. The van der Waals surface area contributed by atoms with Crippen LogP contribution in [-0.2, 0) is 19.1 Å². The van der Waals surface area contributed by atoms with Crippen LogP contribution in [0.15, 0.2) is 0 Å². The van der Waals surface area contributed by atoms with E-state index in [-0.39, 0.29) is 22.9 Å². The molecule has 4 saturated carbocycles. The van der Waals surface area contributed by atoms with Crippen LogP contribution in [0.5, 0.6) is 0 Å². The largest absolute Gasteiger partial charge is 0.479 e. The lowest BCUT2D eigenvalue weighted by Crippen LogP contribution is -2.61. The molecule has 0 aromatic rings. The minimum absolute atomic E-state index is 0.150. The Morgan fingerprint density at radius 1 is 0.857 bits per heavy atom. The SMILES string of the molecule is CC(=O)[C@H]1CC[C@H]2[C@@H]3CC[C@H]4C[C@H](O[C@@H]5O[C@@H](C(=O)O)[C@@H](O)[C@H](O)[C@H]5O)CC[C@]4(C)[C@H]3CC[C@]12C. The summed E-state index contributed by atoms with van der Waals surface area (Å²) in [7, 11) is 0. The monoisotopic (exact) mass is 494 g/mol. The Labute approximate surface area is 207 Å². The molecule has 4 aliphatic carbocycles. The van der Waals surface area contributed by atoms with Gasteiger partial charge in [0.1, 0.15) is 24.1 Å². The van der Waals surface area contributed by atoms with Gasteiger partial charge in [-0.15, -0.1) is 0 Å². The first-order valence-corrected chi connectivity index (χ1v) is 13.6. The van der Waals surface area contributed by atoms with Gasteiger partial charge in [0, 0.05) is 5.92 Å². The lowest BCUT2D eigenvalue weighted by Gasteiger charge is -2.61. The number of carboxylic acids is 1. The van der Waals surface area contributed by atoms with E-state index in [9.17, 15) is 30.0 Å². The Balaban J connectivity index is 1.26. The van der Waals surface area contributed by atoms with Gasteiger partial charge >= 0.3 is 5.97 Å². The Morgan fingerprint density at radius 3 is 2.23 bits per heavy atom. The zero-order valence-electron chi connectivity index (χ0n) is 21.1. The minimum atomic E-state index is -1.71. The molecule has 0 aromatic carbocycles. The quantitative estimate of drug-likeness (QED) is 0.438. The predicted octanol–water partition coefficient (Wildman–Crippen LogP) is 2.51. The summed E-state index contributed by atoms with van der Waals surface area (Å²) >= 11 is 0. The molecule has 0 radical (unpaired) electrons. The maximum absolute atomic E-state index is 12.4. The van der Waals surface area contributed by atoms with Crippen LogP contribution in [0, 0.1) is 40.4 Å². The number of fused-ring (bicyclic) bond motifs is 5. The number of carboxylic acid groups (broad SMARTS) is 1. The molecule has 13 atom stereocenters. The van der Waals surface area contributed by atoms with Crippen molar-refractivity contribution in [3.8, 4) is 0 Å². The number of aliphatic hydroxyl groups is 3. The molecule has 8 heteroatoms. The molecule has 0 aromatic heterocycles. The first-order chi connectivity index (χ1) is 16.5. The molecule has 35 heavy (non-hydrogen) atoms. The average molecular weight is 495 g/mol. The third-order valence-corrected chi connectivity index (χ3v) is 11.2. The molecule has 5 fully saturated rings. The van der Waals surface area contributed by atoms with E-state index in [4.69, 9.17) is 9.47 Å². The number of hydrogen-bond acceptors (Lipinski definition) is 7. The van der Waals surface area contributed by atoms with Gasteiger partial charge in [0.25, 0.3) is 0 Å². The fourth-order valence-electron chi connectivity index (χ4n) is 9.36. The van der Waals surface area contributed by atoms with Gasteiger partial charge in [0.05, 0.1) is 6.10 Å². The second kappa shape index (κ2) is 9.05. The van der Waals surface area contributed by atoms with E-state index in [1.807, 2.05) is 0 Å². The average Bonchev–Trinajstić information content (AvgIpc) is 3.17. The maximum atomic E-state index is 12.4. The summed E-state index contributed by atoms with van der Waals surface area (Å²) in [5, 5.41) is 39.7. The highest BCUT2D eigenvalue weighted by molar-refractivity contribution is 5.79. The highest BCUT2D eigenvalue weighted by atomic mass is 16.7. The lowest BCUT2D eigenvalue weighted by atomic mass is 9.44.